The Labute approximate surface area is 105 Å². The number of hydrogen-bond donors (Lipinski definition) is 1. The van der Waals surface area contributed by atoms with Crippen LogP contribution in [0.5, 0.6) is 0 Å². The van der Waals surface area contributed by atoms with Gasteiger partial charge in [0.1, 0.15) is 5.54 Å². The van der Waals surface area contributed by atoms with Gasteiger partial charge >= 0.3 is 5.97 Å². The first kappa shape index (κ1) is 14.5. The summed E-state index contributed by atoms with van der Waals surface area (Å²) in [6, 6.07) is 0. The Morgan fingerprint density at radius 2 is 1.94 bits per heavy atom. The van der Waals surface area contributed by atoms with E-state index in [4.69, 9.17) is 4.74 Å². The highest BCUT2D eigenvalue weighted by molar-refractivity contribution is 5.80. The van der Waals surface area contributed by atoms with Gasteiger partial charge in [-0.1, -0.05) is 27.2 Å². The van der Waals surface area contributed by atoms with Gasteiger partial charge in [-0.25, -0.2) is 0 Å². The Balaban J connectivity index is 2.69. The van der Waals surface area contributed by atoms with Crippen LogP contribution in [-0.2, 0) is 9.53 Å². The second-order valence-corrected chi connectivity index (χ2v) is 5.94. The molecule has 0 aliphatic heterocycles. The molecule has 0 unspecified atom stereocenters. The molecule has 0 bridgehead atoms. The highest BCUT2D eigenvalue weighted by atomic mass is 16.5. The van der Waals surface area contributed by atoms with Gasteiger partial charge in [-0.05, 0) is 44.1 Å². The molecule has 1 N–H and O–H groups in total. The van der Waals surface area contributed by atoms with Crippen molar-refractivity contribution in [2.24, 2.45) is 11.3 Å². The largest absolute Gasteiger partial charge is 0.468 e. The number of likely N-dealkylation sites (N-methyl/N-ethyl adjacent to an activating group) is 1. The Hall–Kier alpha value is -0.570. The molecule has 0 saturated heterocycles. The van der Waals surface area contributed by atoms with Crippen molar-refractivity contribution in [1.29, 1.82) is 0 Å². The van der Waals surface area contributed by atoms with Gasteiger partial charge in [0.2, 0.25) is 0 Å². The zero-order valence-electron chi connectivity index (χ0n) is 11.9. The number of esters is 1. The Kier molecular flexibility index (Phi) is 4.59. The lowest BCUT2D eigenvalue weighted by molar-refractivity contribution is -0.150. The fraction of sp³-hybridized carbons (Fsp3) is 0.929. The van der Waals surface area contributed by atoms with E-state index < -0.39 is 5.54 Å². The highest BCUT2D eigenvalue weighted by Gasteiger charge is 2.44. The third-order valence-electron chi connectivity index (χ3n) is 4.91. The van der Waals surface area contributed by atoms with Crippen molar-refractivity contribution in [2.75, 3.05) is 14.2 Å². The molecular formula is C14H27NO2. The Bertz CT molecular complexity index is 265. The summed E-state index contributed by atoms with van der Waals surface area (Å²) in [7, 11) is 3.34. The smallest absolute Gasteiger partial charge is 0.326 e. The maximum atomic E-state index is 11.9. The molecule has 0 amide bonds. The van der Waals surface area contributed by atoms with Gasteiger partial charge < -0.3 is 10.1 Å². The van der Waals surface area contributed by atoms with Crippen LogP contribution in [0.25, 0.3) is 0 Å². The second kappa shape index (κ2) is 5.38. The quantitative estimate of drug-likeness (QED) is 0.769. The van der Waals surface area contributed by atoms with Gasteiger partial charge in [-0.3, -0.25) is 4.79 Å². The molecule has 1 rings (SSSR count). The molecule has 3 nitrogen and oxygen atoms in total. The third kappa shape index (κ3) is 2.82. The van der Waals surface area contributed by atoms with Gasteiger partial charge in [-0.2, -0.15) is 0 Å². The summed E-state index contributed by atoms with van der Waals surface area (Å²) in [4.78, 5) is 11.9. The van der Waals surface area contributed by atoms with Gasteiger partial charge in [-0.15, -0.1) is 0 Å². The van der Waals surface area contributed by atoms with Crippen molar-refractivity contribution in [3.63, 3.8) is 0 Å². The molecule has 3 heteroatoms. The van der Waals surface area contributed by atoms with Crippen LogP contribution >= 0.6 is 0 Å². The predicted molar refractivity (Wildman–Crippen MR) is 69.8 cm³/mol. The predicted octanol–water partition coefficient (Wildman–Crippen LogP) is 2.74. The van der Waals surface area contributed by atoms with E-state index in [-0.39, 0.29) is 5.97 Å². The first-order valence-corrected chi connectivity index (χ1v) is 6.69. The molecule has 100 valence electrons. The van der Waals surface area contributed by atoms with Crippen molar-refractivity contribution in [1.82, 2.24) is 5.32 Å². The van der Waals surface area contributed by atoms with Crippen LogP contribution < -0.4 is 5.32 Å². The monoisotopic (exact) mass is 241 g/mol. The normalized spacial score (nSPS) is 30.1. The van der Waals surface area contributed by atoms with Crippen LogP contribution in [0.15, 0.2) is 0 Å². The number of methoxy groups -OCH3 is 1. The summed E-state index contributed by atoms with van der Waals surface area (Å²) in [6.07, 6.45) is 5.20. The van der Waals surface area contributed by atoms with Gasteiger partial charge in [0.25, 0.3) is 0 Å². The maximum absolute atomic E-state index is 11.9. The van der Waals surface area contributed by atoms with Crippen molar-refractivity contribution in [2.45, 2.75) is 58.4 Å². The number of ether oxygens (including phenoxy) is 1. The van der Waals surface area contributed by atoms with E-state index >= 15 is 0 Å². The molecule has 0 atom stereocenters. The standard InChI is InChI=1S/C14H27NO2/c1-6-13(2,3)11-7-9-14(15-4,10-8-11)12(16)17-5/h11,15H,6-10H2,1-5H3. The molecule has 17 heavy (non-hydrogen) atoms. The number of rotatable bonds is 4. The van der Waals surface area contributed by atoms with E-state index in [1.807, 2.05) is 7.05 Å². The third-order valence-corrected chi connectivity index (χ3v) is 4.91. The molecule has 0 spiro atoms. The van der Waals surface area contributed by atoms with E-state index in [1.54, 1.807) is 0 Å². The zero-order valence-corrected chi connectivity index (χ0v) is 11.9. The zero-order chi connectivity index (χ0) is 13.1. The minimum Gasteiger partial charge on any atom is -0.468 e. The Morgan fingerprint density at radius 1 is 1.41 bits per heavy atom. The Morgan fingerprint density at radius 3 is 2.29 bits per heavy atom. The summed E-state index contributed by atoms with van der Waals surface area (Å²) in [6.45, 7) is 6.92. The average Bonchev–Trinajstić information content (AvgIpc) is 2.37. The summed E-state index contributed by atoms with van der Waals surface area (Å²) < 4.78 is 4.93. The first-order chi connectivity index (χ1) is 7.91. The lowest BCUT2D eigenvalue weighted by Gasteiger charge is -2.43. The second-order valence-electron chi connectivity index (χ2n) is 5.94. The molecule has 0 aromatic carbocycles. The van der Waals surface area contributed by atoms with E-state index in [0.717, 1.165) is 31.6 Å². The molecule has 0 heterocycles. The molecule has 0 aromatic rings. The van der Waals surface area contributed by atoms with Gasteiger partial charge in [0.05, 0.1) is 7.11 Å². The molecular weight excluding hydrogens is 214 g/mol. The maximum Gasteiger partial charge on any atom is 0.326 e. The molecule has 1 aliphatic carbocycles. The van der Waals surface area contributed by atoms with Gasteiger partial charge in [0, 0.05) is 0 Å². The highest BCUT2D eigenvalue weighted by Crippen LogP contribution is 2.43. The summed E-state index contributed by atoms with van der Waals surface area (Å²) in [5.74, 6) is 0.617. The van der Waals surface area contributed by atoms with Crippen LogP contribution in [0.3, 0.4) is 0 Å². The van der Waals surface area contributed by atoms with Crippen molar-refractivity contribution in [3.05, 3.63) is 0 Å². The van der Waals surface area contributed by atoms with Crippen LogP contribution in [0.4, 0.5) is 0 Å². The molecule has 1 fully saturated rings. The minimum atomic E-state index is -0.435. The molecule has 0 radical (unpaired) electrons. The van der Waals surface area contributed by atoms with E-state index in [9.17, 15) is 4.79 Å². The van der Waals surface area contributed by atoms with Crippen LogP contribution in [0.2, 0.25) is 0 Å². The van der Waals surface area contributed by atoms with Crippen LogP contribution in [0, 0.1) is 11.3 Å². The summed E-state index contributed by atoms with van der Waals surface area (Å²) in [5, 5.41) is 3.18. The lowest BCUT2D eigenvalue weighted by atomic mass is 9.65. The number of carbonyl (C=O) groups is 1. The molecule has 1 aliphatic rings. The van der Waals surface area contributed by atoms with Crippen molar-refractivity contribution in [3.8, 4) is 0 Å². The number of nitrogens with one attached hydrogen (secondary N) is 1. The van der Waals surface area contributed by atoms with E-state index in [0.29, 0.717) is 5.41 Å². The van der Waals surface area contributed by atoms with Crippen molar-refractivity contribution < 1.29 is 9.53 Å². The molecule has 1 saturated carbocycles. The van der Waals surface area contributed by atoms with Crippen LogP contribution in [-0.4, -0.2) is 25.7 Å². The molecule has 0 aromatic heterocycles. The lowest BCUT2D eigenvalue weighted by Crippen LogP contribution is -2.54. The SMILES string of the molecule is CCC(C)(C)C1CCC(NC)(C(=O)OC)CC1. The number of hydrogen-bond acceptors (Lipinski definition) is 3. The van der Waals surface area contributed by atoms with Gasteiger partial charge in [0.15, 0.2) is 0 Å². The van der Waals surface area contributed by atoms with E-state index in [2.05, 4.69) is 26.1 Å². The van der Waals surface area contributed by atoms with Crippen LogP contribution in [0.1, 0.15) is 52.9 Å². The van der Waals surface area contributed by atoms with E-state index in [1.165, 1.54) is 13.5 Å². The fourth-order valence-electron chi connectivity index (χ4n) is 2.93. The van der Waals surface area contributed by atoms with Crippen molar-refractivity contribution >= 4 is 5.97 Å². The summed E-state index contributed by atoms with van der Waals surface area (Å²) >= 11 is 0. The first-order valence-electron chi connectivity index (χ1n) is 6.69. The number of carbonyl (C=O) groups excluding carboxylic acids is 1. The fourth-order valence-corrected chi connectivity index (χ4v) is 2.93. The summed E-state index contributed by atoms with van der Waals surface area (Å²) in [5.41, 5.74) is -0.0505. The minimum absolute atomic E-state index is 0.104. The topological polar surface area (TPSA) is 38.3 Å². The average molecular weight is 241 g/mol.